The van der Waals surface area contributed by atoms with Crippen molar-refractivity contribution in [3.8, 4) is 16.9 Å². The summed E-state index contributed by atoms with van der Waals surface area (Å²) in [5.41, 5.74) is 2.46. The van der Waals surface area contributed by atoms with E-state index in [9.17, 15) is 33.4 Å². The van der Waals surface area contributed by atoms with Crippen LogP contribution < -0.4 is 21.5 Å². The average molecular weight is 712 g/mol. The van der Waals surface area contributed by atoms with Crippen molar-refractivity contribution in [3.05, 3.63) is 124 Å². The summed E-state index contributed by atoms with van der Waals surface area (Å²) in [6.45, 7) is 1.47. The van der Waals surface area contributed by atoms with E-state index in [2.05, 4.69) is 25.8 Å². The number of piperidine rings is 1. The molecular weight excluding hydrogens is 672 g/mol. The Morgan fingerprint density at radius 1 is 0.904 bits per heavy atom. The lowest BCUT2D eigenvalue weighted by Crippen LogP contribution is -2.39. The van der Waals surface area contributed by atoms with Crippen LogP contribution >= 0.6 is 0 Å². The van der Waals surface area contributed by atoms with Gasteiger partial charge in [0, 0.05) is 67.8 Å². The fraction of sp³-hybridized carbons (Fsp3) is 0.256. The van der Waals surface area contributed by atoms with Crippen LogP contribution in [0.5, 0.6) is 5.75 Å². The largest absolute Gasteiger partial charge is 0.506 e. The number of hydrogen-bond acceptors (Lipinski definition) is 8. The van der Waals surface area contributed by atoms with Gasteiger partial charge in [0.1, 0.15) is 23.5 Å². The van der Waals surface area contributed by atoms with Gasteiger partial charge in [0.2, 0.25) is 11.5 Å². The number of pyridine rings is 1. The molecule has 0 bridgehead atoms. The van der Waals surface area contributed by atoms with Gasteiger partial charge in [-0.1, -0.05) is 54.6 Å². The molecule has 1 aromatic heterocycles. The number of aromatic nitrogens is 1. The molecule has 0 spiro atoms. The summed E-state index contributed by atoms with van der Waals surface area (Å²) >= 11 is 0. The molecule has 0 saturated carbocycles. The molecule has 1 saturated heterocycles. The highest BCUT2D eigenvalue weighted by molar-refractivity contribution is 5.92. The molecule has 2 amide bonds. The number of halogens is 2. The number of nitrogens with one attached hydrogen (secondary N) is 4. The number of likely N-dealkylation sites (tertiary alicyclic amines) is 1. The number of H-pyrrole nitrogens is 1. The minimum atomic E-state index is -1.08. The zero-order valence-corrected chi connectivity index (χ0v) is 28.2. The summed E-state index contributed by atoms with van der Waals surface area (Å²) in [5.74, 6) is -2.15. The normalized spacial score (nSPS) is 14.2. The lowest BCUT2D eigenvalue weighted by atomic mass is 10.0. The molecule has 0 aliphatic carbocycles. The molecule has 1 aliphatic rings. The number of hydrogen-bond donors (Lipinski definition) is 6. The zero-order valence-electron chi connectivity index (χ0n) is 28.2. The molecule has 1 aliphatic heterocycles. The first-order valence-electron chi connectivity index (χ1n) is 17.0. The molecule has 4 aromatic carbocycles. The predicted octanol–water partition coefficient (Wildman–Crippen LogP) is 6.04. The van der Waals surface area contributed by atoms with E-state index in [1.165, 1.54) is 24.3 Å². The van der Waals surface area contributed by atoms with Crippen LogP contribution in [0, 0.1) is 11.6 Å². The fourth-order valence-corrected chi connectivity index (χ4v) is 6.30. The monoisotopic (exact) mass is 711 g/mol. The Hall–Kier alpha value is -5.63. The number of amides is 2. The second-order valence-corrected chi connectivity index (χ2v) is 12.6. The van der Waals surface area contributed by atoms with Crippen LogP contribution in [-0.4, -0.2) is 64.4 Å². The minimum Gasteiger partial charge on any atom is -0.506 e. The molecule has 11 nitrogen and oxygen atoms in total. The smallest absolute Gasteiger partial charge is 0.411 e. The quantitative estimate of drug-likeness (QED) is 0.0915. The van der Waals surface area contributed by atoms with Gasteiger partial charge in [-0.25, -0.2) is 13.6 Å². The number of carbonyl (C=O) groups excluding carboxylic acids is 2. The van der Waals surface area contributed by atoms with E-state index in [0.717, 1.165) is 23.3 Å². The first kappa shape index (κ1) is 36.2. The molecule has 13 heteroatoms. The number of nitrogens with zero attached hydrogens (tertiary/aromatic N) is 1. The lowest BCUT2D eigenvalue weighted by molar-refractivity contribution is -0.116. The maximum atomic E-state index is 14.9. The highest BCUT2D eigenvalue weighted by atomic mass is 19.1. The Labute approximate surface area is 298 Å². The van der Waals surface area contributed by atoms with Crippen molar-refractivity contribution < 1.29 is 33.3 Å². The maximum absolute atomic E-state index is 14.9. The van der Waals surface area contributed by atoms with Gasteiger partial charge >= 0.3 is 6.09 Å². The summed E-state index contributed by atoms with van der Waals surface area (Å²) < 4.78 is 35.5. The number of ether oxygens (including phenoxy) is 1. The van der Waals surface area contributed by atoms with Crippen molar-refractivity contribution in [1.82, 2.24) is 15.2 Å². The first-order chi connectivity index (χ1) is 25.1. The number of aromatic hydroxyl groups is 1. The van der Waals surface area contributed by atoms with Crippen molar-refractivity contribution in [2.45, 2.75) is 38.0 Å². The number of phenols is 1. The topological polar surface area (TPSA) is 156 Å². The molecular formula is C39H39F2N5O6. The maximum Gasteiger partial charge on any atom is 0.411 e. The van der Waals surface area contributed by atoms with E-state index in [1.807, 2.05) is 54.6 Å². The molecule has 52 heavy (non-hydrogen) atoms. The molecule has 1 fully saturated rings. The number of carbonyl (C=O) groups is 2. The molecule has 6 N–H and O–H groups in total. The number of anilines is 2. The van der Waals surface area contributed by atoms with Crippen LogP contribution in [0.2, 0.25) is 0 Å². The number of aliphatic hydroxyl groups is 1. The number of benzene rings is 4. The Bertz CT molecular complexity index is 2100. The van der Waals surface area contributed by atoms with Gasteiger partial charge in [-0.2, -0.15) is 0 Å². The third-order valence-electron chi connectivity index (χ3n) is 9.04. The number of fused-ring (bicyclic) bond motifs is 1. The molecule has 1 atom stereocenters. The van der Waals surface area contributed by atoms with Crippen molar-refractivity contribution in [1.29, 1.82) is 0 Å². The van der Waals surface area contributed by atoms with Crippen LogP contribution in [0.3, 0.4) is 0 Å². The van der Waals surface area contributed by atoms with Crippen LogP contribution in [0.25, 0.3) is 22.0 Å². The SMILES string of the molecule is O=C(CCN1CCC(OC(=O)Nc2ccccc2-c2ccccc2)CC1)Nc1cc(F)c(CNC[C@@H](O)c2ccc(O)c3[nH]c(=O)ccc23)cc1F. The van der Waals surface area contributed by atoms with Gasteiger partial charge in [-0.05, 0) is 48.2 Å². The number of rotatable bonds is 12. The Morgan fingerprint density at radius 2 is 1.65 bits per heavy atom. The van der Waals surface area contributed by atoms with Gasteiger partial charge < -0.3 is 35.5 Å². The van der Waals surface area contributed by atoms with E-state index in [4.69, 9.17) is 4.74 Å². The molecule has 0 unspecified atom stereocenters. The third-order valence-corrected chi connectivity index (χ3v) is 9.04. The van der Waals surface area contributed by atoms with Gasteiger partial charge in [0.25, 0.3) is 0 Å². The second kappa shape index (κ2) is 16.6. The predicted molar refractivity (Wildman–Crippen MR) is 194 cm³/mol. The Morgan fingerprint density at radius 3 is 2.44 bits per heavy atom. The summed E-state index contributed by atoms with van der Waals surface area (Å²) in [7, 11) is 0. The van der Waals surface area contributed by atoms with Crippen LogP contribution in [0.4, 0.5) is 25.0 Å². The van der Waals surface area contributed by atoms with E-state index in [-0.39, 0.29) is 48.1 Å². The summed E-state index contributed by atoms with van der Waals surface area (Å²) in [6, 6.07) is 24.8. The van der Waals surface area contributed by atoms with Gasteiger partial charge in [0.15, 0.2) is 0 Å². The standard InChI is InChI=1S/C39H39F2N5O6/c40-30-21-33(31(41)20-25(30)22-42-23-35(48)28-10-12-34(47)38-29(28)11-13-36(49)45-38)43-37(50)16-19-46-17-14-26(15-18-46)52-39(51)44-32-9-5-4-8-27(32)24-6-2-1-3-7-24/h1-13,20-21,26,35,42,47-48H,14-19,22-23H2,(H,43,50)(H,44,51)(H,45,49)/t35-/m1/s1. The molecule has 2 heterocycles. The van der Waals surface area contributed by atoms with Crippen molar-refractivity contribution in [2.24, 2.45) is 0 Å². The van der Waals surface area contributed by atoms with Crippen LogP contribution in [0.15, 0.2) is 95.8 Å². The molecule has 270 valence electrons. The second-order valence-electron chi connectivity index (χ2n) is 12.6. The van der Waals surface area contributed by atoms with Crippen molar-refractivity contribution >= 4 is 34.3 Å². The van der Waals surface area contributed by atoms with Crippen LogP contribution in [-0.2, 0) is 16.1 Å². The Kier molecular flexibility index (Phi) is 11.5. The van der Waals surface area contributed by atoms with Gasteiger partial charge in [-0.15, -0.1) is 0 Å². The fourth-order valence-electron chi connectivity index (χ4n) is 6.30. The number of phenolic OH excluding ortho intramolecular Hbond substituents is 1. The highest BCUT2D eigenvalue weighted by Crippen LogP contribution is 2.30. The average Bonchev–Trinajstić information content (AvgIpc) is 3.14. The third kappa shape index (κ3) is 8.99. The number of aliphatic hydroxyl groups excluding tert-OH is 1. The first-order valence-corrected chi connectivity index (χ1v) is 17.0. The molecule has 6 rings (SSSR count). The van der Waals surface area contributed by atoms with Gasteiger partial charge in [-0.3, -0.25) is 14.9 Å². The van der Waals surface area contributed by atoms with E-state index in [1.54, 1.807) is 0 Å². The lowest BCUT2D eigenvalue weighted by Gasteiger charge is -2.31. The summed E-state index contributed by atoms with van der Waals surface area (Å²) in [4.78, 5) is 41.6. The molecule has 5 aromatic rings. The van der Waals surface area contributed by atoms with Gasteiger partial charge in [0.05, 0.1) is 23.0 Å². The number of para-hydroxylation sites is 1. The van der Waals surface area contributed by atoms with Crippen LogP contribution in [0.1, 0.15) is 36.5 Å². The summed E-state index contributed by atoms with van der Waals surface area (Å²) in [6.07, 6.45) is -0.641. The number of aromatic amines is 1. The Balaban J connectivity index is 0.926. The highest BCUT2D eigenvalue weighted by Gasteiger charge is 2.24. The van der Waals surface area contributed by atoms with E-state index >= 15 is 0 Å². The zero-order chi connectivity index (χ0) is 36.6. The minimum absolute atomic E-state index is 0.00164. The van der Waals surface area contributed by atoms with E-state index < -0.39 is 35.3 Å². The molecule has 0 radical (unpaired) electrons. The summed E-state index contributed by atoms with van der Waals surface area (Å²) in [5, 5.41) is 29.4. The van der Waals surface area contributed by atoms with E-state index in [0.29, 0.717) is 49.1 Å². The van der Waals surface area contributed by atoms with Crippen molar-refractivity contribution in [3.63, 3.8) is 0 Å². The van der Waals surface area contributed by atoms with Crippen molar-refractivity contribution in [2.75, 3.05) is 36.8 Å².